The Morgan fingerprint density at radius 1 is 0.889 bits per heavy atom. The molecule has 0 atom stereocenters. The van der Waals surface area contributed by atoms with E-state index in [1.165, 1.54) is 55.2 Å². The number of phenolic OH excluding ortho intramolecular Hbond substituents is 1. The second kappa shape index (κ2) is 6.22. The summed E-state index contributed by atoms with van der Waals surface area (Å²) in [6, 6.07) is 12.5. The Hall–Kier alpha value is -2.09. The lowest BCUT2D eigenvalue weighted by Gasteiger charge is -2.57. The molecule has 4 aliphatic rings. The molecule has 0 aromatic heterocycles. The maximum atomic E-state index is 11.2. The van der Waals surface area contributed by atoms with Gasteiger partial charge < -0.3 is 5.11 Å². The van der Waals surface area contributed by atoms with E-state index in [4.69, 9.17) is 0 Å². The molecule has 27 heavy (non-hydrogen) atoms. The first-order valence-corrected chi connectivity index (χ1v) is 10.5. The average Bonchev–Trinajstić information content (AvgIpc) is 2.62. The molecular formula is C25H29NO. The molecule has 2 heteroatoms. The topological polar surface area (TPSA) is 32.6 Å². The summed E-state index contributed by atoms with van der Waals surface area (Å²) < 4.78 is 0. The summed E-state index contributed by atoms with van der Waals surface area (Å²) in [7, 11) is 0. The molecule has 0 aliphatic heterocycles. The fraction of sp³-hybridized carbons (Fsp3) is 0.480. The summed E-state index contributed by atoms with van der Waals surface area (Å²) in [4.78, 5) is 4.62. The van der Waals surface area contributed by atoms with Crippen LogP contribution in [0.4, 0.5) is 5.69 Å². The first-order valence-electron chi connectivity index (χ1n) is 10.5. The van der Waals surface area contributed by atoms with Crippen molar-refractivity contribution in [2.45, 2.75) is 57.8 Å². The molecule has 2 aromatic carbocycles. The summed E-state index contributed by atoms with van der Waals surface area (Å²) in [6.07, 6.45) is 9.92. The van der Waals surface area contributed by atoms with Gasteiger partial charge in [0.15, 0.2) is 0 Å². The van der Waals surface area contributed by atoms with E-state index in [2.05, 4.69) is 43.1 Å². The van der Waals surface area contributed by atoms with E-state index in [9.17, 15) is 5.11 Å². The van der Waals surface area contributed by atoms with Crippen LogP contribution >= 0.6 is 0 Å². The Morgan fingerprint density at radius 2 is 1.48 bits per heavy atom. The van der Waals surface area contributed by atoms with Crippen LogP contribution in [0.5, 0.6) is 5.75 Å². The van der Waals surface area contributed by atoms with Crippen molar-refractivity contribution < 1.29 is 5.11 Å². The number of aryl methyl sites for hydroxylation is 2. The molecule has 6 rings (SSSR count). The van der Waals surface area contributed by atoms with Crippen LogP contribution in [0.15, 0.2) is 41.4 Å². The molecule has 4 bridgehead atoms. The minimum Gasteiger partial charge on any atom is -0.507 e. The van der Waals surface area contributed by atoms with Crippen LogP contribution in [0.3, 0.4) is 0 Å². The quantitative estimate of drug-likeness (QED) is 0.648. The molecule has 1 N–H and O–H groups in total. The number of hydrogen-bond donors (Lipinski definition) is 1. The highest BCUT2D eigenvalue weighted by Gasteiger charge is 2.52. The molecule has 4 aliphatic carbocycles. The zero-order chi connectivity index (χ0) is 18.6. The van der Waals surface area contributed by atoms with Gasteiger partial charge in [-0.25, -0.2) is 0 Å². The Balaban J connectivity index is 1.52. The maximum Gasteiger partial charge on any atom is 0.128 e. The first-order chi connectivity index (χ1) is 13.0. The third-order valence-electron chi connectivity index (χ3n) is 7.28. The molecule has 0 spiro atoms. The molecule has 2 nitrogen and oxygen atoms in total. The molecule has 4 saturated carbocycles. The predicted molar refractivity (Wildman–Crippen MR) is 111 cm³/mol. The Bertz CT molecular complexity index is 858. The van der Waals surface area contributed by atoms with Gasteiger partial charge in [0, 0.05) is 17.3 Å². The Morgan fingerprint density at radius 3 is 2.07 bits per heavy atom. The number of hydrogen-bond acceptors (Lipinski definition) is 2. The molecule has 0 heterocycles. The van der Waals surface area contributed by atoms with Crippen LogP contribution in [-0.4, -0.2) is 11.3 Å². The SMILES string of the molecule is Cc1ccc(N=Cc2cc(C)cc(C34CC5CC(CC(C5)C3)C4)c2O)cc1. The third-order valence-corrected chi connectivity index (χ3v) is 7.28. The average molecular weight is 360 g/mol. The van der Waals surface area contributed by atoms with Crippen LogP contribution in [0.25, 0.3) is 0 Å². The van der Waals surface area contributed by atoms with Gasteiger partial charge in [-0.15, -0.1) is 0 Å². The van der Waals surface area contributed by atoms with Gasteiger partial charge in [-0.05, 0) is 99.3 Å². The highest BCUT2D eigenvalue weighted by Crippen LogP contribution is 2.62. The zero-order valence-electron chi connectivity index (χ0n) is 16.4. The smallest absolute Gasteiger partial charge is 0.128 e. The van der Waals surface area contributed by atoms with E-state index in [-0.39, 0.29) is 5.41 Å². The lowest BCUT2D eigenvalue weighted by atomic mass is 9.48. The lowest BCUT2D eigenvalue weighted by Crippen LogP contribution is -2.48. The van der Waals surface area contributed by atoms with E-state index in [1.54, 1.807) is 0 Å². The third kappa shape index (κ3) is 2.99. The number of aromatic hydroxyl groups is 1. The van der Waals surface area contributed by atoms with Gasteiger partial charge in [0.2, 0.25) is 0 Å². The molecule has 0 amide bonds. The van der Waals surface area contributed by atoms with Crippen molar-refractivity contribution in [3.8, 4) is 5.75 Å². The fourth-order valence-electron chi connectivity index (χ4n) is 6.52. The standard InChI is InChI=1S/C25H29NO/c1-16-3-5-22(6-4-16)26-15-21-7-17(2)8-23(24(21)27)25-12-18-9-19(13-25)11-20(10-18)14-25/h3-8,15,18-20,27H,9-14H2,1-2H3. The van der Waals surface area contributed by atoms with Crippen LogP contribution in [-0.2, 0) is 5.41 Å². The Kier molecular flexibility index (Phi) is 3.93. The summed E-state index contributed by atoms with van der Waals surface area (Å²) >= 11 is 0. The van der Waals surface area contributed by atoms with Gasteiger partial charge in [0.1, 0.15) is 5.75 Å². The number of nitrogens with zero attached hydrogens (tertiary/aromatic N) is 1. The van der Waals surface area contributed by atoms with Crippen molar-refractivity contribution in [1.82, 2.24) is 0 Å². The predicted octanol–water partition coefficient (Wildman–Crippen LogP) is 6.23. The molecule has 0 unspecified atom stereocenters. The Labute approximate surface area is 162 Å². The number of aliphatic imine (C=N–C) groups is 1. The largest absolute Gasteiger partial charge is 0.507 e. The normalized spacial score (nSPS) is 31.7. The van der Waals surface area contributed by atoms with Gasteiger partial charge >= 0.3 is 0 Å². The van der Waals surface area contributed by atoms with Crippen molar-refractivity contribution in [2.75, 3.05) is 0 Å². The van der Waals surface area contributed by atoms with Crippen molar-refractivity contribution in [1.29, 1.82) is 0 Å². The maximum absolute atomic E-state index is 11.2. The van der Waals surface area contributed by atoms with Crippen molar-refractivity contribution in [3.63, 3.8) is 0 Å². The molecule has 2 aromatic rings. The number of benzene rings is 2. The van der Waals surface area contributed by atoms with Crippen molar-refractivity contribution in [2.24, 2.45) is 22.7 Å². The second-order valence-electron chi connectivity index (χ2n) is 9.54. The van der Waals surface area contributed by atoms with Gasteiger partial charge in [-0.1, -0.05) is 23.8 Å². The lowest BCUT2D eigenvalue weighted by molar-refractivity contribution is -0.00616. The summed E-state index contributed by atoms with van der Waals surface area (Å²) in [5.74, 6) is 3.10. The van der Waals surface area contributed by atoms with Crippen molar-refractivity contribution in [3.05, 3.63) is 58.7 Å². The minimum absolute atomic E-state index is 0.206. The molecular weight excluding hydrogens is 330 g/mol. The summed E-state index contributed by atoms with van der Waals surface area (Å²) in [6.45, 7) is 4.23. The van der Waals surface area contributed by atoms with Crippen LogP contribution in [0.2, 0.25) is 0 Å². The van der Waals surface area contributed by atoms with Gasteiger partial charge in [-0.3, -0.25) is 4.99 Å². The fourth-order valence-corrected chi connectivity index (χ4v) is 6.52. The minimum atomic E-state index is 0.206. The number of rotatable bonds is 3. The van der Waals surface area contributed by atoms with E-state index in [0.717, 1.165) is 29.0 Å². The first kappa shape index (κ1) is 17.0. The monoisotopic (exact) mass is 359 g/mol. The molecule has 0 radical (unpaired) electrons. The van der Waals surface area contributed by atoms with E-state index in [0.29, 0.717) is 5.75 Å². The zero-order valence-corrected chi connectivity index (χ0v) is 16.4. The van der Waals surface area contributed by atoms with Crippen LogP contribution in [0.1, 0.15) is 60.8 Å². The van der Waals surface area contributed by atoms with Gasteiger partial charge in [0.05, 0.1) is 5.69 Å². The van der Waals surface area contributed by atoms with Crippen molar-refractivity contribution >= 4 is 11.9 Å². The highest BCUT2D eigenvalue weighted by atomic mass is 16.3. The van der Waals surface area contributed by atoms with E-state index in [1.807, 2.05) is 18.3 Å². The van der Waals surface area contributed by atoms with Crippen LogP contribution < -0.4 is 0 Å². The highest BCUT2D eigenvalue weighted by molar-refractivity contribution is 5.86. The molecule has 0 saturated heterocycles. The second-order valence-corrected chi connectivity index (χ2v) is 9.54. The molecule has 140 valence electrons. The van der Waals surface area contributed by atoms with Gasteiger partial charge in [-0.2, -0.15) is 0 Å². The summed E-state index contributed by atoms with van der Waals surface area (Å²) in [5, 5.41) is 11.2. The molecule has 4 fully saturated rings. The summed E-state index contributed by atoms with van der Waals surface area (Å²) in [5.41, 5.74) is 5.66. The van der Waals surface area contributed by atoms with Gasteiger partial charge in [0.25, 0.3) is 0 Å². The van der Waals surface area contributed by atoms with E-state index < -0.39 is 0 Å². The van der Waals surface area contributed by atoms with E-state index >= 15 is 0 Å². The van der Waals surface area contributed by atoms with Crippen LogP contribution in [0, 0.1) is 31.6 Å². The number of phenols is 1.